The predicted molar refractivity (Wildman–Crippen MR) is 90.4 cm³/mol. The molecule has 0 spiro atoms. The lowest BCUT2D eigenvalue weighted by atomic mass is 9.73. The van der Waals surface area contributed by atoms with Gasteiger partial charge in [0.15, 0.2) is 0 Å². The van der Waals surface area contributed by atoms with Crippen LogP contribution < -0.4 is 10.8 Å². The van der Waals surface area contributed by atoms with Crippen LogP contribution in [0.25, 0.3) is 0 Å². The summed E-state index contributed by atoms with van der Waals surface area (Å²) in [6.45, 7) is 4.94. The summed E-state index contributed by atoms with van der Waals surface area (Å²) in [6, 6.07) is 4.77. The van der Waals surface area contributed by atoms with Crippen molar-refractivity contribution in [3.8, 4) is 0 Å². The van der Waals surface area contributed by atoms with Crippen molar-refractivity contribution in [2.75, 3.05) is 11.9 Å². The van der Waals surface area contributed by atoms with Gasteiger partial charge in [0.25, 0.3) is 5.91 Å². The quantitative estimate of drug-likeness (QED) is 0.498. The summed E-state index contributed by atoms with van der Waals surface area (Å²) >= 11 is 0. The highest BCUT2D eigenvalue weighted by Crippen LogP contribution is 2.32. The van der Waals surface area contributed by atoms with E-state index in [1.807, 2.05) is 0 Å². The lowest BCUT2D eigenvalue weighted by Crippen LogP contribution is -2.41. The van der Waals surface area contributed by atoms with Gasteiger partial charge in [-0.1, -0.05) is 24.8 Å². The molecule has 0 bridgehead atoms. The van der Waals surface area contributed by atoms with Crippen molar-refractivity contribution >= 4 is 24.2 Å². The van der Waals surface area contributed by atoms with Crippen molar-refractivity contribution in [1.29, 1.82) is 0 Å². The molecular weight excluding hydrogens is 334 g/mol. The Bertz CT molecular complexity index is 741. The SMILES string of the molecule is C=C/C=C(C(=O)Nc1ccc2c(c1)B(O)OCC2)\C(=C/C)C(F)(F)F. The van der Waals surface area contributed by atoms with Crippen molar-refractivity contribution in [3.63, 3.8) is 0 Å². The Labute approximate surface area is 143 Å². The molecule has 1 aliphatic heterocycles. The summed E-state index contributed by atoms with van der Waals surface area (Å²) in [7, 11) is -1.12. The van der Waals surface area contributed by atoms with E-state index in [4.69, 9.17) is 4.65 Å². The highest BCUT2D eigenvalue weighted by molar-refractivity contribution is 6.61. The van der Waals surface area contributed by atoms with Crippen LogP contribution >= 0.6 is 0 Å². The number of hydrogen-bond donors (Lipinski definition) is 2. The fourth-order valence-electron chi connectivity index (χ4n) is 2.58. The average Bonchev–Trinajstić information content (AvgIpc) is 2.54. The summed E-state index contributed by atoms with van der Waals surface area (Å²) in [6.07, 6.45) is -1.09. The van der Waals surface area contributed by atoms with E-state index in [9.17, 15) is 23.0 Å². The summed E-state index contributed by atoms with van der Waals surface area (Å²) in [4.78, 5) is 12.3. The number of carbonyl (C=O) groups excluding carboxylic acids is 1. The average molecular weight is 351 g/mol. The van der Waals surface area contributed by atoms with Crippen LogP contribution in [0.1, 0.15) is 12.5 Å². The van der Waals surface area contributed by atoms with Crippen molar-refractivity contribution in [2.45, 2.75) is 19.5 Å². The summed E-state index contributed by atoms with van der Waals surface area (Å²) in [5.41, 5.74) is 0.0232. The van der Waals surface area contributed by atoms with Gasteiger partial charge in [0.05, 0.1) is 11.1 Å². The largest absolute Gasteiger partial charge is 0.491 e. The Morgan fingerprint density at radius 1 is 1.44 bits per heavy atom. The zero-order valence-electron chi connectivity index (χ0n) is 13.6. The standard InChI is InChI=1S/C17H17BF3NO3/c1-3-5-13(14(4-2)17(19,20)21)16(23)22-12-7-6-11-8-9-25-18(24)15(11)10-12/h3-7,10,24H,1,8-9H2,2H3,(H,22,23)/b13-5+,14-4+. The molecule has 2 N–H and O–H groups in total. The van der Waals surface area contributed by atoms with Gasteiger partial charge in [0.2, 0.25) is 0 Å². The number of alkyl halides is 3. The molecular formula is C17H17BF3NO3. The Morgan fingerprint density at radius 2 is 2.16 bits per heavy atom. The lowest BCUT2D eigenvalue weighted by molar-refractivity contribution is -0.115. The third-order valence-electron chi connectivity index (χ3n) is 3.73. The highest BCUT2D eigenvalue weighted by atomic mass is 19.4. The molecule has 1 aromatic rings. The van der Waals surface area contributed by atoms with Gasteiger partial charge in [-0.25, -0.2) is 0 Å². The van der Waals surface area contributed by atoms with Gasteiger partial charge < -0.3 is 15.0 Å². The first-order chi connectivity index (χ1) is 11.8. The molecule has 132 valence electrons. The van der Waals surface area contributed by atoms with Crippen LogP contribution in [0.3, 0.4) is 0 Å². The van der Waals surface area contributed by atoms with E-state index in [0.29, 0.717) is 18.5 Å². The van der Waals surface area contributed by atoms with E-state index in [0.717, 1.165) is 23.8 Å². The number of rotatable bonds is 4. The van der Waals surface area contributed by atoms with Gasteiger partial charge in [-0.2, -0.15) is 13.2 Å². The number of anilines is 1. The maximum Gasteiger partial charge on any atom is 0.491 e. The zero-order chi connectivity index (χ0) is 18.6. The summed E-state index contributed by atoms with van der Waals surface area (Å²) < 4.78 is 44.4. The molecule has 2 rings (SSSR count). The number of hydrogen-bond acceptors (Lipinski definition) is 3. The zero-order valence-corrected chi connectivity index (χ0v) is 13.6. The van der Waals surface area contributed by atoms with Crippen LogP contribution in [0.15, 0.2) is 54.2 Å². The van der Waals surface area contributed by atoms with Crippen LogP contribution in [0.5, 0.6) is 0 Å². The summed E-state index contributed by atoms with van der Waals surface area (Å²) in [5.74, 6) is -0.920. The van der Waals surface area contributed by atoms with E-state index >= 15 is 0 Å². The molecule has 25 heavy (non-hydrogen) atoms. The fraction of sp³-hybridized carbons (Fsp3) is 0.235. The van der Waals surface area contributed by atoms with Crippen LogP contribution in [-0.4, -0.2) is 30.8 Å². The van der Waals surface area contributed by atoms with Crippen molar-refractivity contribution < 1.29 is 27.6 Å². The van der Waals surface area contributed by atoms with Gasteiger partial charge >= 0.3 is 13.3 Å². The van der Waals surface area contributed by atoms with E-state index in [1.54, 1.807) is 12.1 Å². The number of nitrogens with one attached hydrogen (secondary N) is 1. The number of allylic oxidation sites excluding steroid dienone is 3. The number of halogens is 3. The van der Waals surface area contributed by atoms with Crippen LogP contribution in [0, 0.1) is 0 Å². The molecule has 1 aliphatic rings. The first kappa shape index (κ1) is 19.0. The minimum atomic E-state index is -4.67. The number of carbonyl (C=O) groups is 1. The van der Waals surface area contributed by atoms with Crippen LogP contribution in [-0.2, 0) is 15.9 Å². The maximum atomic E-state index is 13.1. The maximum absolute atomic E-state index is 13.1. The fourth-order valence-corrected chi connectivity index (χ4v) is 2.58. The molecule has 4 nitrogen and oxygen atoms in total. The van der Waals surface area contributed by atoms with Gasteiger partial charge in [-0.15, -0.1) is 0 Å². The molecule has 0 radical (unpaired) electrons. The third kappa shape index (κ3) is 4.40. The molecule has 0 fully saturated rings. The number of benzene rings is 1. The second-order valence-corrected chi connectivity index (χ2v) is 5.36. The van der Waals surface area contributed by atoms with Gasteiger partial charge in [0.1, 0.15) is 0 Å². The first-order valence-electron chi connectivity index (χ1n) is 7.58. The Morgan fingerprint density at radius 3 is 2.76 bits per heavy atom. The van der Waals surface area contributed by atoms with E-state index in [-0.39, 0.29) is 5.69 Å². The molecule has 0 saturated heterocycles. The monoisotopic (exact) mass is 351 g/mol. The van der Waals surface area contributed by atoms with Gasteiger partial charge in [-0.3, -0.25) is 4.79 Å². The van der Waals surface area contributed by atoms with Gasteiger partial charge in [-0.05, 0) is 42.6 Å². The Hall–Kier alpha value is -2.32. The van der Waals surface area contributed by atoms with Crippen molar-refractivity contribution in [1.82, 2.24) is 0 Å². The third-order valence-corrected chi connectivity index (χ3v) is 3.73. The van der Waals surface area contributed by atoms with Crippen molar-refractivity contribution in [2.24, 2.45) is 0 Å². The van der Waals surface area contributed by atoms with E-state index < -0.39 is 30.3 Å². The second kappa shape index (κ2) is 7.71. The lowest BCUT2D eigenvalue weighted by Gasteiger charge is -2.20. The molecule has 0 aromatic heterocycles. The van der Waals surface area contributed by atoms with Crippen molar-refractivity contribution in [3.05, 3.63) is 59.7 Å². The molecule has 1 heterocycles. The van der Waals surface area contributed by atoms with Gasteiger partial charge in [0, 0.05) is 12.3 Å². The predicted octanol–water partition coefficient (Wildman–Crippen LogP) is 2.51. The number of fused-ring (bicyclic) bond motifs is 1. The summed E-state index contributed by atoms with van der Waals surface area (Å²) in [5, 5.41) is 12.3. The molecule has 1 amide bonds. The topological polar surface area (TPSA) is 58.6 Å². The molecule has 8 heteroatoms. The minimum absolute atomic E-state index is 0.265. The molecule has 0 atom stereocenters. The van der Waals surface area contributed by atoms with E-state index in [1.165, 1.54) is 13.0 Å². The molecule has 0 unspecified atom stereocenters. The number of amides is 1. The highest BCUT2D eigenvalue weighted by Gasteiger charge is 2.37. The molecule has 1 aromatic carbocycles. The Kier molecular flexibility index (Phi) is 5.87. The smallest absolute Gasteiger partial charge is 0.423 e. The normalized spacial score (nSPS) is 15.6. The van der Waals surface area contributed by atoms with Crippen LogP contribution in [0.4, 0.5) is 18.9 Å². The second-order valence-electron chi connectivity index (χ2n) is 5.36. The first-order valence-corrected chi connectivity index (χ1v) is 7.58. The minimum Gasteiger partial charge on any atom is -0.423 e. The van der Waals surface area contributed by atoms with E-state index in [2.05, 4.69) is 11.9 Å². The Balaban J connectivity index is 2.29. The molecule has 0 aliphatic carbocycles. The molecule has 0 saturated carbocycles. The van der Waals surface area contributed by atoms with Crippen LogP contribution in [0.2, 0.25) is 0 Å².